The van der Waals surface area contributed by atoms with Gasteiger partial charge >= 0.3 is 5.97 Å². The molecular weight excluding hydrogens is 273 g/mol. The Balaban J connectivity index is 2.70. The van der Waals surface area contributed by atoms with E-state index >= 15 is 0 Å². The van der Waals surface area contributed by atoms with Crippen LogP contribution in [-0.4, -0.2) is 28.6 Å². The van der Waals surface area contributed by atoms with Crippen molar-refractivity contribution in [3.63, 3.8) is 0 Å². The van der Waals surface area contributed by atoms with Gasteiger partial charge in [-0.05, 0) is 31.5 Å². The minimum atomic E-state index is -0.783. The number of hydrogen-bond acceptors (Lipinski definition) is 2. The number of aliphatic carboxylic acids is 1. The molecule has 0 saturated heterocycles. The molecule has 0 fully saturated rings. The van der Waals surface area contributed by atoms with Crippen LogP contribution in [0.1, 0.15) is 25.8 Å². The van der Waals surface area contributed by atoms with Gasteiger partial charge in [-0.2, -0.15) is 0 Å². The van der Waals surface area contributed by atoms with Crippen molar-refractivity contribution in [3.8, 4) is 0 Å². The summed E-state index contributed by atoms with van der Waals surface area (Å²) in [5.74, 6) is -0.783. The second-order valence-electron chi connectivity index (χ2n) is 4.46. The van der Waals surface area contributed by atoms with Crippen molar-refractivity contribution in [2.24, 2.45) is 0 Å². The molecule has 0 spiro atoms. The predicted octanol–water partition coefficient (Wildman–Crippen LogP) is 3.68. The van der Waals surface area contributed by atoms with Crippen LogP contribution in [0.25, 0.3) is 0 Å². The van der Waals surface area contributed by atoms with Crippen molar-refractivity contribution in [1.82, 2.24) is 4.90 Å². The molecule has 0 saturated carbocycles. The first kappa shape index (κ1) is 15.3. The van der Waals surface area contributed by atoms with Gasteiger partial charge in [0.25, 0.3) is 0 Å². The number of benzene rings is 1. The first-order valence-corrected chi connectivity index (χ1v) is 6.55. The van der Waals surface area contributed by atoms with E-state index in [1.54, 1.807) is 6.07 Å². The van der Waals surface area contributed by atoms with Gasteiger partial charge in [-0.3, -0.25) is 9.69 Å². The summed E-state index contributed by atoms with van der Waals surface area (Å²) >= 11 is 11.8. The lowest BCUT2D eigenvalue weighted by Crippen LogP contribution is -2.32. The average molecular weight is 290 g/mol. The Hall–Kier alpha value is -0.770. The van der Waals surface area contributed by atoms with E-state index in [0.29, 0.717) is 23.1 Å². The number of carboxylic acids is 1. The number of rotatable bonds is 6. The number of carboxylic acid groups (broad SMARTS) is 1. The molecule has 0 heterocycles. The fourth-order valence-electron chi connectivity index (χ4n) is 1.63. The van der Waals surface area contributed by atoms with E-state index in [0.717, 1.165) is 5.56 Å². The van der Waals surface area contributed by atoms with Gasteiger partial charge in [0, 0.05) is 19.1 Å². The zero-order valence-corrected chi connectivity index (χ0v) is 12.0. The standard InChI is InChI=1S/C13H17Cl2NO2/c1-9(2)16(6-5-13(17)18)8-10-3-4-11(14)12(15)7-10/h3-4,7,9H,5-6,8H2,1-2H3,(H,17,18). The lowest BCUT2D eigenvalue weighted by Gasteiger charge is -2.26. The van der Waals surface area contributed by atoms with E-state index in [2.05, 4.69) is 4.90 Å². The monoisotopic (exact) mass is 289 g/mol. The Kier molecular flexibility index (Phi) is 5.93. The zero-order chi connectivity index (χ0) is 13.7. The summed E-state index contributed by atoms with van der Waals surface area (Å²) in [6.07, 6.45) is 0.138. The van der Waals surface area contributed by atoms with Crippen LogP contribution in [0.15, 0.2) is 18.2 Å². The maximum atomic E-state index is 10.6. The number of hydrogen-bond donors (Lipinski definition) is 1. The van der Waals surface area contributed by atoms with Crippen LogP contribution in [0.5, 0.6) is 0 Å². The molecule has 0 amide bonds. The number of carbonyl (C=O) groups is 1. The molecule has 100 valence electrons. The van der Waals surface area contributed by atoms with Crippen LogP contribution >= 0.6 is 23.2 Å². The molecule has 0 radical (unpaired) electrons. The van der Waals surface area contributed by atoms with E-state index in [1.807, 2.05) is 26.0 Å². The summed E-state index contributed by atoms with van der Waals surface area (Å²) < 4.78 is 0. The largest absolute Gasteiger partial charge is 0.481 e. The molecule has 1 N–H and O–H groups in total. The molecule has 0 aliphatic rings. The van der Waals surface area contributed by atoms with Crippen molar-refractivity contribution >= 4 is 29.2 Å². The van der Waals surface area contributed by atoms with Crippen LogP contribution in [-0.2, 0) is 11.3 Å². The number of nitrogens with zero attached hydrogens (tertiary/aromatic N) is 1. The van der Waals surface area contributed by atoms with E-state index in [-0.39, 0.29) is 12.5 Å². The Morgan fingerprint density at radius 1 is 1.33 bits per heavy atom. The molecule has 5 heteroatoms. The summed E-state index contributed by atoms with van der Waals surface area (Å²) in [4.78, 5) is 12.7. The van der Waals surface area contributed by atoms with E-state index in [9.17, 15) is 4.79 Å². The van der Waals surface area contributed by atoms with Crippen molar-refractivity contribution in [2.75, 3.05) is 6.54 Å². The average Bonchev–Trinajstić information content (AvgIpc) is 2.28. The van der Waals surface area contributed by atoms with Crippen molar-refractivity contribution in [3.05, 3.63) is 33.8 Å². The maximum Gasteiger partial charge on any atom is 0.304 e. The van der Waals surface area contributed by atoms with Crippen LogP contribution in [0.2, 0.25) is 10.0 Å². The second kappa shape index (κ2) is 6.98. The van der Waals surface area contributed by atoms with Crippen LogP contribution in [0.3, 0.4) is 0 Å². The van der Waals surface area contributed by atoms with Crippen LogP contribution in [0.4, 0.5) is 0 Å². The third kappa shape index (κ3) is 4.84. The molecule has 0 atom stereocenters. The summed E-state index contributed by atoms with van der Waals surface area (Å²) in [5.41, 5.74) is 1.03. The Labute approximate surface area is 117 Å². The fraction of sp³-hybridized carbons (Fsp3) is 0.462. The SMILES string of the molecule is CC(C)N(CCC(=O)O)Cc1ccc(Cl)c(Cl)c1. The Morgan fingerprint density at radius 2 is 2.00 bits per heavy atom. The van der Waals surface area contributed by atoms with Gasteiger partial charge < -0.3 is 5.11 Å². The van der Waals surface area contributed by atoms with Gasteiger partial charge in [0.05, 0.1) is 16.5 Å². The summed E-state index contributed by atoms with van der Waals surface area (Å²) in [6, 6.07) is 5.76. The molecule has 18 heavy (non-hydrogen) atoms. The van der Waals surface area contributed by atoms with Gasteiger partial charge in [0.2, 0.25) is 0 Å². The highest BCUT2D eigenvalue weighted by atomic mass is 35.5. The first-order chi connectivity index (χ1) is 8.40. The third-order valence-electron chi connectivity index (χ3n) is 2.71. The molecule has 1 rings (SSSR count). The van der Waals surface area contributed by atoms with E-state index in [1.165, 1.54) is 0 Å². The van der Waals surface area contributed by atoms with Gasteiger partial charge in [0.1, 0.15) is 0 Å². The van der Waals surface area contributed by atoms with Gasteiger partial charge in [0.15, 0.2) is 0 Å². The van der Waals surface area contributed by atoms with Gasteiger partial charge in [-0.1, -0.05) is 29.3 Å². The molecule has 0 aliphatic heterocycles. The molecule has 1 aromatic rings. The first-order valence-electron chi connectivity index (χ1n) is 5.80. The molecule has 3 nitrogen and oxygen atoms in total. The second-order valence-corrected chi connectivity index (χ2v) is 5.27. The van der Waals surface area contributed by atoms with Gasteiger partial charge in [-0.15, -0.1) is 0 Å². The minimum Gasteiger partial charge on any atom is -0.481 e. The molecular formula is C13H17Cl2NO2. The highest BCUT2D eigenvalue weighted by Gasteiger charge is 2.12. The highest BCUT2D eigenvalue weighted by molar-refractivity contribution is 6.42. The fourth-order valence-corrected chi connectivity index (χ4v) is 1.95. The topological polar surface area (TPSA) is 40.5 Å². The van der Waals surface area contributed by atoms with Crippen molar-refractivity contribution < 1.29 is 9.90 Å². The highest BCUT2D eigenvalue weighted by Crippen LogP contribution is 2.23. The summed E-state index contributed by atoms with van der Waals surface area (Å²) in [7, 11) is 0. The molecule has 0 aromatic heterocycles. The minimum absolute atomic E-state index is 0.138. The van der Waals surface area contributed by atoms with Crippen molar-refractivity contribution in [1.29, 1.82) is 0 Å². The van der Waals surface area contributed by atoms with Gasteiger partial charge in [-0.25, -0.2) is 0 Å². The normalized spacial score (nSPS) is 11.2. The van der Waals surface area contributed by atoms with Crippen LogP contribution in [0, 0.1) is 0 Å². The number of halogens is 2. The Morgan fingerprint density at radius 3 is 2.50 bits per heavy atom. The predicted molar refractivity (Wildman–Crippen MR) is 74.3 cm³/mol. The van der Waals surface area contributed by atoms with Crippen molar-refractivity contribution in [2.45, 2.75) is 32.9 Å². The maximum absolute atomic E-state index is 10.6. The summed E-state index contributed by atoms with van der Waals surface area (Å²) in [6.45, 7) is 5.27. The quantitative estimate of drug-likeness (QED) is 0.868. The lowest BCUT2D eigenvalue weighted by atomic mass is 10.2. The molecule has 0 unspecified atom stereocenters. The van der Waals surface area contributed by atoms with Crippen LogP contribution < -0.4 is 0 Å². The lowest BCUT2D eigenvalue weighted by molar-refractivity contribution is -0.137. The molecule has 0 aliphatic carbocycles. The summed E-state index contributed by atoms with van der Waals surface area (Å²) in [5, 5.41) is 9.78. The Bertz CT molecular complexity index is 421. The smallest absolute Gasteiger partial charge is 0.304 e. The van der Waals surface area contributed by atoms with E-state index < -0.39 is 5.97 Å². The van der Waals surface area contributed by atoms with E-state index in [4.69, 9.17) is 28.3 Å². The zero-order valence-electron chi connectivity index (χ0n) is 10.5. The molecule has 0 bridgehead atoms. The third-order valence-corrected chi connectivity index (χ3v) is 3.45. The molecule has 1 aromatic carbocycles.